The Balaban J connectivity index is 2.04. The highest BCUT2D eigenvalue weighted by molar-refractivity contribution is 7.89. The van der Waals surface area contributed by atoms with E-state index in [9.17, 15) is 13.2 Å². The van der Waals surface area contributed by atoms with E-state index in [1.54, 1.807) is 0 Å². The number of ether oxygens (including phenoxy) is 2. The van der Waals surface area contributed by atoms with Gasteiger partial charge in [-0.1, -0.05) is 25.5 Å². The normalized spacial score (nSPS) is 12.3. The minimum absolute atomic E-state index is 0.0184. The van der Waals surface area contributed by atoms with Crippen molar-refractivity contribution in [1.29, 1.82) is 0 Å². The number of aryl methyl sites for hydroxylation is 1. The molecular weight excluding hydrogens is 392 g/mol. The summed E-state index contributed by atoms with van der Waals surface area (Å²) >= 11 is 0. The lowest BCUT2D eigenvalue weighted by atomic mass is 10.1. The summed E-state index contributed by atoms with van der Waals surface area (Å²) < 4.78 is 37.9. The SMILES string of the molecule is CCCCc1ccc(NC(=O)[C@@H](C)NS(=O)(=O)c2ccc(OC)c(OC)c2)cc1. The smallest absolute Gasteiger partial charge is 0.242 e. The Morgan fingerprint density at radius 2 is 1.69 bits per heavy atom. The van der Waals surface area contributed by atoms with Crippen LogP contribution in [0.15, 0.2) is 47.4 Å². The maximum absolute atomic E-state index is 12.6. The molecule has 0 bridgehead atoms. The van der Waals surface area contributed by atoms with Gasteiger partial charge >= 0.3 is 0 Å². The molecule has 0 aliphatic carbocycles. The summed E-state index contributed by atoms with van der Waals surface area (Å²) in [4.78, 5) is 12.4. The van der Waals surface area contributed by atoms with Gasteiger partial charge in [0.1, 0.15) is 0 Å². The van der Waals surface area contributed by atoms with Gasteiger partial charge in [-0.15, -0.1) is 0 Å². The molecule has 2 rings (SSSR count). The first-order chi connectivity index (χ1) is 13.8. The molecule has 0 spiro atoms. The summed E-state index contributed by atoms with van der Waals surface area (Å²) in [5.41, 5.74) is 1.82. The summed E-state index contributed by atoms with van der Waals surface area (Å²) in [5.74, 6) is 0.255. The Hall–Kier alpha value is -2.58. The second-order valence-electron chi connectivity index (χ2n) is 6.65. The molecule has 0 fully saturated rings. The monoisotopic (exact) mass is 420 g/mol. The van der Waals surface area contributed by atoms with Crippen molar-refractivity contribution in [1.82, 2.24) is 4.72 Å². The first-order valence-corrected chi connectivity index (χ1v) is 10.9. The third-order valence-corrected chi connectivity index (χ3v) is 5.97. The number of amides is 1. The summed E-state index contributed by atoms with van der Waals surface area (Å²) in [6, 6.07) is 10.8. The lowest BCUT2D eigenvalue weighted by molar-refractivity contribution is -0.117. The van der Waals surface area contributed by atoms with Gasteiger partial charge in [-0.05, 0) is 49.6 Å². The number of anilines is 1. The molecular formula is C21H28N2O5S. The quantitative estimate of drug-likeness (QED) is 0.615. The molecule has 7 nitrogen and oxygen atoms in total. The molecule has 2 aromatic rings. The van der Waals surface area contributed by atoms with E-state index in [-0.39, 0.29) is 10.6 Å². The zero-order chi connectivity index (χ0) is 21.4. The fraction of sp³-hybridized carbons (Fsp3) is 0.381. The van der Waals surface area contributed by atoms with Crippen molar-refractivity contribution in [2.24, 2.45) is 0 Å². The number of hydrogen-bond donors (Lipinski definition) is 2. The van der Waals surface area contributed by atoms with Crippen molar-refractivity contribution in [2.45, 2.75) is 44.0 Å². The topological polar surface area (TPSA) is 93.7 Å². The van der Waals surface area contributed by atoms with E-state index in [4.69, 9.17) is 9.47 Å². The maximum Gasteiger partial charge on any atom is 0.242 e. The van der Waals surface area contributed by atoms with E-state index < -0.39 is 22.0 Å². The van der Waals surface area contributed by atoms with E-state index in [1.807, 2.05) is 24.3 Å². The van der Waals surface area contributed by atoms with Gasteiger partial charge < -0.3 is 14.8 Å². The maximum atomic E-state index is 12.6. The molecule has 2 aromatic carbocycles. The zero-order valence-electron chi connectivity index (χ0n) is 17.2. The number of carbonyl (C=O) groups excluding carboxylic acids is 1. The summed E-state index contributed by atoms with van der Waals surface area (Å²) in [5, 5.41) is 2.73. The molecule has 1 amide bonds. The number of hydrogen-bond acceptors (Lipinski definition) is 5. The van der Waals surface area contributed by atoms with Crippen molar-refractivity contribution >= 4 is 21.6 Å². The molecule has 2 N–H and O–H groups in total. The number of unbranched alkanes of at least 4 members (excludes halogenated alkanes) is 1. The van der Waals surface area contributed by atoms with Gasteiger partial charge in [0.05, 0.1) is 25.2 Å². The molecule has 0 saturated heterocycles. The van der Waals surface area contributed by atoms with Crippen LogP contribution < -0.4 is 19.5 Å². The minimum Gasteiger partial charge on any atom is -0.493 e. The lowest BCUT2D eigenvalue weighted by Crippen LogP contribution is -2.41. The molecule has 158 valence electrons. The number of benzene rings is 2. The molecule has 29 heavy (non-hydrogen) atoms. The Morgan fingerprint density at radius 1 is 1.03 bits per heavy atom. The van der Waals surface area contributed by atoms with Gasteiger partial charge in [-0.2, -0.15) is 4.72 Å². The van der Waals surface area contributed by atoms with Crippen LogP contribution in [0.2, 0.25) is 0 Å². The second kappa shape index (κ2) is 10.3. The Morgan fingerprint density at radius 3 is 2.28 bits per heavy atom. The van der Waals surface area contributed by atoms with Crippen LogP contribution in [0.3, 0.4) is 0 Å². The van der Waals surface area contributed by atoms with Gasteiger partial charge in [0.2, 0.25) is 15.9 Å². The molecule has 0 saturated carbocycles. The van der Waals surface area contributed by atoms with Crippen molar-refractivity contribution in [3.05, 3.63) is 48.0 Å². The van der Waals surface area contributed by atoms with E-state index in [1.165, 1.54) is 44.9 Å². The Bertz CT molecular complexity index is 927. The summed E-state index contributed by atoms with van der Waals surface area (Å²) in [7, 11) is -1.03. The van der Waals surface area contributed by atoms with E-state index in [2.05, 4.69) is 17.0 Å². The molecule has 0 aliphatic heterocycles. The van der Waals surface area contributed by atoms with Crippen LogP contribution in [-0.2, 0) is 21.2 Å². The highest BCUT2D eigenvalue weighted by Gasteiger charge is 2.23. The minimum atomic E-state index is -3.92. The second-order valence-corrected chi connectivity index (χ2v) is 8.36. The van der Waals surface area contributed by atoms with Gasteiger partial charge in [-0.3, -0.25) is 4.79 Å². The predicted molar refractivity (Wildman–Crippen MR) is 113 cm³/mol. The molecule has 8 heteroatoms. The number of methoxy groups -OCH3 is 2. The van der Waals surface area contributed by atoms with E-state index in [0.717, 1.165) is 19.3 Å². The third kappa shape index (κ3) is 6.20. The van der Waals surface area contributed by atoms with Crippen LogP contribution in [0.1, 0.15) is 32.3 Å². The first-order valence-electron chi connectivity index (χ1n) is 9.45. The van der Waals surface area contributed by atoms with Gasteiger partial charge in [-0.25, -0.2) is 8.42 Å². The van der Waals surface area contributed by atoms with Crippen molar-refractivity contribution in [3.63, 3.8) is 0 Å². The van der Waals surface area contributed by atoms with Crippen molar-refractivity contribution in [3.8, 4) is 11.5 Å². The average molecular weight is 421 g/mol. The highest BCUT2D eigenvalue weighted by atomic mass is 32.2. The Labute approximate surface area is 172 Å². The van der Waals surface area contributed by atoms with Crippen LogP contribution >= 0.6 is 0 Å². The molecule has 0 heterocycles. The molecule has 1 atom stereocenters. The van der Waals surface area contributed by atoms with E-state index >= 15 is 0 Å². The van der Waals surface area contributed by atoms with Crippen LogP contribution in [0.4, 0.5) is 5.69 Å². The fourth-order valence-corrected chi connectivity index (χ4v) is 3.94. The molecule has 0 aromatic heterocycles. The average Bonchev–Trinajstić information content (AvgIpc) is 2.72. The third-order valence-electron chi connectivity index (χ3n) is 4.43. The summed E-state index contributed by atoms with van der Waals surface area (Å²) in [6.45, 7) is 3.63. The van der Waals surface area contributed by atoms with Crippen LogP contribution in [0, 0.1) is 0 Å². The predicted octanol–water partition coefficient (Wildman–Crippen LogP) is 3.35. The number of sulfonamides is 1. The molecule has 0 aliphatic rings. The zero-order valence-corrected chi connectivity index (χ0v) is 18.0. The Kier molecular flexibility index (Phi) is 8.04. The lowest BCUT2D eigenvalue weighted by Gasteiger charge is -2.16. The summed E-state index contributed by atoms with van der Waals surface area (Å²) in [6.07, 6.45) is 3.23. The van der Waals surface area contributed by atoms with Crippen LogP contribution in [0.25, 0.3) is 0 Å². The standard InChI is InChI=1S/C21H28N2O5S/c1-5-6-7-16-8-10-17(11-9-16)22-21(24)15(2)23-29(25,26)18-12-13-19(27-3)20(14-18)28-4/h8-15,23H,5-7H2,1-4H3,(H,22,24)/t15-/m1/s1. The first kappa shape index (κ1) is 22.7. The largest absolute Gasteiger partial charge is 0.493 e. The van der Waals surface area contributed by atoms with E-state index in [0.29, 0.717) is 11.4 Å². The van der Waals surface area contributed by atoms with Gasteiger partial charge in [0.25, 0.3) is 0 Å². The van der Waals surface area contributed by atoms with Crippen LogP contribution in [0.5, 0.6) is 11.5 Å². The number of rotatable bonds is 10. The van der Waals surface area contributed by atoms with Crippen molar-refractivity contribution < 1.29 is 22.7 Å². The number of carbonyl (C=O) groups is 1. The van der Waals surface area contributed by atoms with Gasteiger partial charge in [0, 0.05) is 11.8 Å². The highest BCUT2D eigenvalue weighted by Crippen LogP contribution is 2.29. The molecule has 0 radical (unpaired) electrons. The molecule has 0 unspecified atom stereocenters. The van der Waals surface area contributed by atoms with Crippen LogP contribution in [-0.4, -0.2) is 34.6 Å². The number of nitrogens with one attached hydrogen (secondary N) is 2. The van der Waals surface area contributed by atoms with Gasteiger partial charge in [0.15, 0.2) is 11.5 Å². The van der Waals surface area contributed by atoms with Crippen molar-refractivity contribution in [2.75, 3.05) is 19.5 Å². The fourth-order valence-electron chi connectivity index (χ4n) is 2.72.